The van der Waals surface area contributed by atoms with Gasteiger partial charge in [0.25, 0.3) is 0 Å². The number of ether oxygens (including phenoxy) is 3. The number of hydrogen-bond acceptors (Lipinski definition) is 6. The number of esters is 3. The highest BCUT2D eigenvalue weighted by molar-refractivity contribution is 5.71. The maximum atomic E-state index is 12.8. The van der Waals surface area contributed by atoms with Crippen molar-refractivity contribution in [2.75, 3.05) is 13.2 Å². The summed E-state index contributed by atoms with van der Waals surface area (Å²) < 4.78 is 16.7. The number of carbonyl (C=O) groups excluding carboxylic acids is 3. The van der Waals surface area contributed by atoms with Gasteiger partial charge in [0, 0.05) is 19.3 Å². The van der Waals surface area contributed by atoms with Crippen molar-refractivity contribution in [3.8, 4) is 0 Å². The average Bonchev–Trinajstić information content (AvgIpc) is 3.24. The third-order valence-electron chi connectivity index (χ3n) is 10.9. The van der Waals surface area contributed by atoms with Gasteiger partial charge in [0.1, 0.15) is 13.2 Å². The Bertz CT molecular complexity index is 1100. The summed E-state index contributed by atoms with van der Waals surface area (Å²) in [6.07, 6.45) is 59.1. The minimum absolute atomic E-state index is 0.0839. The number of hydrogen-bond donors (Lipinski definition) is 0. The number of rotatable bonds is 45. The van der Waals surface area contributed by atoms with E-state index in [9.17, 15) is 14.4 Å². The van der Waals surface area contributed by atoms with Crippen LogP contribution in [-0.4, -0.2) is 37.2 Å². The van der Waals surface area contributed by atoms with Crippen LogP contribution in [0.5, 0.6) is 0 Å². The molecule has 0 radical (unpaired) electrons. The maximum Gasteiger partial charge on any atom is 0.306 e. The number of carbonyl (C=O) groups is 3. The van der Waals surface area contributed by atoms with Gasteiger partial charge in [-0.3, -0.25) is 14.4 Å². The Kier molecular flexibility index (Phi) is 46.4. The first-order valence-electron chi connectivity index (χ1n) is 25.3. The highest BCUT2D eigenvalue weighted by atomic mass is 16.6. The predicted molar refractivity (Wildman–Crippen MR) is 256 cm³/mol. The van der Waals surface area contributed by atoms with Crippen LogP contribution in [0.25, 0.3) is 0 Å². The molecule has 0 saturated carbocycles. The van der Waals surface area contributed by atoms with Crippen LogP contribution in [0.4, 0.5) is 0 Å². The lowest BCUT2D eigenvalue weighted by Crippen LogP contribution is -2.30. The predicted octanol–water partition coefficient (Wildman–Crippen LogP) is 16.5. The van der Waals surface area contributed by atoms with E-state index in [2.05, 4.69) is 63.3 Å². The molecule has 0 aromatic rings. The summed E-state index contributed by atoms with van der Waals surface area (Å²) in [6, 6.07) is 0. The maximum absolute atomic E-state index is 12.8. The Hall–Kier alpha value is -2.89. The Morgan fingerprint density at radius 3 is 1.07 bits per heavy atom. The molecule has 0 amide bonds. The first kappa shape index (κ1) is 57.1. The van der Waals surface area contributed by atoms with Crippen LogP contribution >= 0.6 is 0 Å². The van der Waals surface area contributed by atoms with E-state index in [1.807, 2.05) is 18.2 Å². The Balaban J connectivity index is 4.38. The first-order valence-corrected chi connectivity index (χ1v) is 25.3. The zero-order valence-corrected chi connectivity index (χ0v) is 39.5. The highest BCUT2D eigenvalue weighted by Gasteiger charge is 2.19. The van der Waals surface area contributed by atoms with E-state index in [0.717, 1.165) is 83.5 Å². The van der Waals surface area contributed by atoms with Crippen molar-refractivity contribution in [3.05, 3.63) is 60.8 Å². The second-order valence-electron chi connectivity index (χ2n) is 16.8. The molecule has 0 aliphatic carbocycles. The van der Waals surface area contributed by atoms with Crippen molar-refractivity contribution in [1.82, 2.24) is 0 Å². The van der Waals surface area contributed by atoms with Gasteiger partial charge in [-0.25, -0.2) is 0 Å². The molecule has 0 fully saturated rings. The Morgan fingerprint density at radius 1 is 0.350 bits per heavy atom. The van der Waals surface area contributed by atoms with E-state index in [1.165, 1.54) is 122 Å². The Morgan fingerprint density at radius 2 is 0.667 bits per heavy atom. The summed E-state index contributed by atoms with van der Waals surface area (Å²) in [5.74, 6) is -0.910. The smallest absolute Gasteiger partial charge is 0.306 e. The van der Waals surface area contributed by atoms with Crippen LogP contribution < -0.4 is 0 Å². The van der Waals surface area contributed by atoms with Crippen molar-refractivity contribution in [2.24, 2.45) is 0 Å². The van der Waals surface area contributed by atoms with Gasteiger partial charge in [0.15, 0.2) is 6.10 Å². The number of unbranched alkanes of at least 4 members (excludes halogenated alkanes) is 27. The van der Waals surface area contributed by atoms with E-state index in [1.54, 1.807) is 0 Å². The fourth-order valence-corrected chi connectivity index (χ4v) is 7.04. The second-order valence-corrected chi connectivity index (χ2v) is 16.8. The summed E-state index contributed by atoms with van der Waals surface area (Å²) in [5.41, 5.74) is 0. The van der Waals surface area contributed by atoms with Crippen molar-refractivity contribution in [2.45, 2.75) is 252 Å². The molecule has 0 saturated heterocycles. The molecule has 346 valence electrons. The largest absolute Gasteiger partial charge is 0.462 e. The first-order chi connectivity index (χ1) is 29.5. The van der Waals surface area contributed by atoms with E-state index >= 15 is 0 Å². The number of allylic oxidation sites excluding steroid dienone is 10. The van der Waals surface area contributed by atoms with Crippen molar-refractivity contribution in [1.29, 1.82) is 0 Å². The minimum Gasteiger partial charge on any atom is -0.462 e. The van der Waals surface area contributed by atoms with Gasteiger partial charge in [0.2, 0.25) is 0 Å². The molecule has 0 aromatic carbocycles. The zero-order chi connectivity index (χ0) is 43.7. The molecule has 0 aromatic heterocycles. The third-order valence-corrected chi connectivity index (χ3v) is 10.9. The van der Waals surface area contributed by atoms with Gasteiger partial charge in [-0.1, -0.05) is 223 Å². The molecule has 0 aliphatic heterocycles. The summed E-state index contributed by atoms with van der Waals surface area (Å²) in [5, 5.41) is 0. The van der Waals surface area contributed by atoms with Crippen LogP contribution in [0.2, 0.25) is 0 Å². The lowest BCUT2D eigenvalue weighted by Gasteiger charge is -2.18. The summed E-state index contributed by atoms with van der Waals surface area (Å²) in [7, 11) is 0. The quantitative estimate of drug-likeness (QED) is 0.0200. The van der Waals surface area contributed by atoms with Gasteiger partial charge in [-0.2, -0.15) is 0 Å². The fraction of sp³-hybridized carbons (Fsp3) is 0.759. The van der Waals surface area contributed by atoms with Gasteiger partial charge in [0.05, 0.1) is 0 Å². The molecule has 0 aliphatic rings. The standard InChI is InChI=1S/C54H94O6/c1-4-7-10-13-16-19-22-24-26-27-29-30-32-35-38-41-44-47-53(56)59-50-51(49-58-52(55)46-43-40-37-34-21-18-15-12-9-6-3)60-54(57)48-45-42-39-36-33-31-28-25-23-20-17-14-11-8-5-2/h8,11,14,17,20,23-26,28,51H,4-7,9-10,12-13,15-16,18-19,21-22,27,29-50H2,1-3H3/b11-8-,17-14-,23-20-,26-24-,28-25-. The van der Waals surface area contributed by atoms with Crippen LogP contribution in [0.1, 0.15) is 245 Å². The summed E-state index contributed by atoms with van der Waals surface area (Å²) in [4.78, 5) is 37.9. The average molecular weight is 839 g/mol. The molecule has 1 unspecified atom stereocenters. The summed E-state index contributed by atoms with van der Waals surface area (Å²) in [6.45, 7) is 6.46. The monoisotopic (exact) mass is 839 g/mol. The van der Waals surface area contributed by atoms with Crippen molar-refractivity contribution >= 4 is 17.9 Å². The van der Waals surface area contributed by atoms with E-state index in [0.29, 0.717) is 19.3 Å². The van der Waals surface area contributed by atoms with Gasteiger partial charge >= 0.3 is 17.9 Å². The van der Waals surface area contributed by atoms with Crippen molar-refractivity contribution in [3.63, 3.8) is 0 Å². The third kappa shape index (κ3) is 46.2. The van der Waals surface area contributed by atoms with Crippen LogP contribution in [0, 0.1) is 0 Å². The lowest BCUT2D eigenvalue weighted by atomic mass is 10.1. The molecule has 0 heterocycles. The molecule has 60 heavy (non-hydrogen) atoms. The molecule has 0 rings (SSSR count). The topological polar surface area (TPSA) is 78.9 Å². The fourth-order valence-electron chi connectivity index (χ4n) is 7.04. The van der Waals surface area contributed by atoms with Gasteiger partial charge in [-0.15, -0.1) is 0 Å². The normalized spacial score (nSPS) is 12.5. The molecule has 6 heteroatoms. The second kappa shape index (κ2) is 48.8. The Labute approximate surface area is 370 Å². The minimum atomic E-state index is -0.785. The van der Waals surface area contributed by atoms with Crippen LogP contribution in [0.3, 0.4) is 0 Å². The highest BCUT2D eigenvalue weighted by Crippen LogP contribution is 2.15. The van der Waals surface area contributed by atoms with Crippen LogP contribution in [0.15, 0.2) is 60.8 Å². The molecular formula is C54H94O6. The van der Waals surface area contributed by atoms with Gasteiger partial charge < -0.3 is 14.2 Å². The molecule has 0 bridgehead atoms. The van der Waals surface area contributed by atoms with Gasteiger partial charge in [-0.05, 0) is 64.2 Å². The van der Waals surface area contributed by atoms with E-state index < -0.39 is 6.10 Å². The lowest BCUT2D eigenvalue weighted by molar-refractivity contribution is -0.167. The van der Waals surface area contributed by atoms with E-state index in [-0.39, 0.29) is 31.1 Å². The summed E-state index contributed by atoms with van der Waals surface area (Å²) >= 11 is 0. The van der Waals surface area contributed by atoms with Crippen LogP contribution in [-0.2, 0) is 28.6 Å². The SMILES string of the molecule is CC\C=C/C=C\C=C/C=C\CCCCCCCC(=O)OC(COC(=O)CCCCCCCCC/C=C\CCCCCCCC)COC(=O)CCCCCCCCCCCC. The van der Waals surface area contributed by atoms with E-state index in [4.69, 9.17) is 14.2 Å². The molecule has 0 spiro atoms. The molecule has 0 N–H and O–H groups in total. The molecule has 1 atom stereocenters. The zero-order valence-electron chi connectivity index (χ0n) is 39.5. The van der Waals surface area contributed by atoms with Crippen molar-refractivity contribution < 1.29 is 28.6 Å². The molecular weight excluding hydrogens is 745 g/mol. The molecule has 6 nitrogen and oxygen atoms in total.